The van der Waals surface area contributed by atoms with Gasteiger partial charge in [-0.15, -0.1) is 0 Å². The zero-order chi connectivity index (χ0) is 23.6. The first kappa shape index (κ1) is 23.2. The molecule has 33 heavy (non-hydrogen) atoms. The van der Waals surface area contributed by atoms with Gasteiger partial charge in [0.25, 0.3) is 0 Å². The molecule has 0 spiro atoms. The molecule has 0 aromatic heterocycles. The number of hydrogen-bond donors (Lipinski definition) is 5. The lowest BCUT2D eigenvalue weighted by Gasteiger charge is -2.65. The SMILES string of the molecule is CC12CC[C@H]3[C@@H](CCC4(O)C[C@H](O)CCC34C=NNC(N)=S)C1(O)CCC2C1=CC(=O)OC1. The molecule has 5 aliphatic rings. The maximum absolute atomic E-state index is 12.3. The van der Waals surface area contributed by atoms with Crippen molar-refractivity contribution in [2.45, 2.75) is 82.0 Å². The molecule has 0 aromatic rings. The Balaban J connectivity index is 1.52. The van der Waals surface area contributed by atoms with Crippen LogP contribution in [0.15, 0.2) is 16.8 Å². The average molecular weight is 478 g/mol. The van der Waals surface area contributed by atoms with Crippen molar-refractivity contribution in [1.82, 2.24) is 5.43 Å². The van der Waals surface area contributed by atoms with E-state index in [0.717, 1.165) is 24.8 Å². The van der Waals surface area contributed by atoms with Crippen LogP contribution >= 0.6 is 12.2 Å². The van der Waals surface area contributed by atoms with Crippen LogP contribution < -0.4 is 11.2 Å². The molecule has 4 fully saturated rings. The van der Waals surface area contributed by atoms with E-state index in [1.54, 1.807) is 12.3 Å². The summed E-state index contributed by atoms with van der Waals surface area (Å²) in [5, 5.41) is 39.0. The van der Waals surface area contributed by atoms with Gasteiger partial charge in [0, 0.05) is 29.5 Å². The predicted octanol–water partition coefficient (Wildman–Crippen LogP) is 1.52. The number of nitrogens with two attached hydrogens (primary N) is 1. The topological polar surface area (TPSA) is 137 Å². The van der Waals surface area contributed by atoms with Gasteiger partial charge in [0.15, 0.2) is 5.11 Å². The largest absolute Gasteiger partial charge is 0.458 e. The van der Waals surface area contributed by atoms with Crippen molar-refractivity contribution in [3.8, 4) is 0 Å². The van der Waals surface area contributed by atoms with Gasteiger partial charge in [-0.05, 0) is 86.9 Å². The molecule has 4 aliphatic carbocycles. The molecule has 8 atom stereocenters. The van der Waals surface area contributed by atoms with Gasteiger partial charge in [-0.25, -0.2) is 4.79 Å². The molecule has 182 valence electrons. The second kappa shape index (κ2) is 7.73. The first-order chi connectivity index (χ1) is 15.5. The summed E-state index contributed by atoms with van der Waals surface area (Å²) in [4.78, 5) is 11.7. The lowest BCUT2D eigenvalue weighted by molar-refractivity contribution is -0.237. The van der Waals surface area contributed by atoms with E-state index in [9.17, 15) is 20.1 Å². The Kier molecular flexibility index (Phi) is 5.44. The summed E-state index contributed by atoms with van der Waals surface area (Å²) >= 11 is 4.91. The van der Waals surface area contributed by atoms with E-state index in [1.165, 1.54) is 0 Å². The molecule has 8 nitrogen and oxygen atoms in total. The highest BCUT2D eigenvalue weighted by Gasteiger charge is 2.71. The summed E-state index contributed by atoms with van der Waals surface area (Å²) in [6.07, 6.45) is 8.63. The molecule has 0 amide bonds. The maximum atomic E-state index is 12.3. The van der Waals surface area contributed by atoms with Crippen LogP contribution in [-0.4, -0.2) is 56.5 Å². The lowest BCUT2D eigenvalue weighted by Crippen LogP contribution is -2.68. The number of hydrazone groups is 1. The number of hydrogen-bond acceptors (Lipinski definition) is 7. The standard InChI is InChI=1S/C24H35N3O5S/c1-21-6-3-17-18(24(21,31)9-5-16(21)14-10-19(29)32-12-14)4-8-23(30)11-15(28)2-7-22(17,23)13-26-27-20(25)33/h10,13,15-18,28,30-31H,2-9,11-12H2,1H3,(H3,25,27,33)/t15-,16?,17+,18-,21?,22?,23?,24?/m1/s1. The Bertz CT molecular complexity index is 926. The Labute approximate surface area is 199 Å². The molecule has 4 saturated carbocycles. The van der Waals surface area contributed by atoms with Gasteiger partial charge in [0.2, 0.25) is 0 Å². The van der Waals surface area contributed by atoms with E-state index in [2.05, 4.69) is 17.5 Å². The van der Waals surface area contributed by atoms with E-state index in [4.69, 9.17) is 22.7 Å². The molecular formula is C24H35N3O5S. The number of nitrogens with one attached hydrogen (secondary N) is 1. The third-order valence-corrected chi connectivity index (χ3v) is 10.2. The van der Waals surface area contributed by atoms with Gasteiger partial charge in [0.1, 0.15) is 6.61 Å². The Morgan fingerprint density at radius 1 is 1.21 bits per heavy atom. The molecule has 1 aliphatic heterocycles. The molecule has 1 heterocycles. The number of rotatable bonds is 3. The monoisotopic (exact) mass is 477 g/mol. The summed E-state index contributed by atoms with van der Waals surface area (Å²) in [6.45, 7) is 2.49. The van der Waals surface area contributed by atoms with E-state index in [0.29, 0.717) is 45.1 Å². The number of carbonyl (C=O) groups excluding carboxylic acids is 1. The number of nitrogens with zero attached hydrogens (tertiary/aromatic N) is 1. The Morgan fingerprint density at radius 3 is 2.67 bits per heavy atom. The van der Waals surface area contributed by atoms with Crippen LogP contribution in [0.1, 0.15) is 64.7 Å². The summed E-state index contributed by atoms with van der Waals surface area (Å²) in [5.41, 5.74) is 6.20. The molecule has 0 bridgehead atoms. The highest BCUT2D eigenvalue weighted by molar-refractivity contribution is 7.80. The van der Waals surface area contributed by atoms with Gasteiger partial charge < -0.3 is 25.8 Å². The smallest absolute Gasteiger partial charge is 0.331 e. The van der Waals surface area contributed by atoms with Crippen LogP contribution in [0.4, 0.5) is 0 Å². The van der Waals surface area contributed by atoms with E-state index in [-0.39, 0.29) is 34.3 Å². The van der Waals surface area contributed by atoms with E-state index in [1.807, 2.05) is 0 Å². The number of aliphatic hydroxyl groups excluding tert-OH is 1. The third-order valence-electron chi connectivity index (χ3n) is 10.1. The van der Waals surface area contributed by atoms with Crippen LogP contribution in [0.2, 0.25) is 0 Å². The highest BCUT2D eigenvalue weighted by atomic mass is 32.1. The summed E-state index contributed by atoms with van der Waals surface area (Å²) in [7, 11) is 0. The molecule has 5 unspecified atom stereocenters. The summed E-state index contributed by atoms with van der Waals surface area (Å²) in [6, 6.07) is 0. The zero-order valence-corrected chi connectivity index (χ0v) is 19.9. The molecule has 0 saturated heterocycles. The van der Waals surface area contributed by atoms with Crippen LogP contribution in [0.5, 0.6) is 0 Å². The molecule has 6 N–H and O–H groups in total. The molecule has 0 aromatic carbocycles. The van der Waals surface area contributed by atoms with Crippen molar-refractivity contribution >= 4 is 29.5 Å². The third kappa shape index (κ3) is 3.22. The first-order valence-electron chi connectivity index (χ1n) is 12.1. The minimum Gasteiger partial charge on any atom is -0.458 e. The number of ether oxygens (including phenoxy) is 1. The highest BCUT2D eigenvalue weighted by Crippen LogP contribution is 2.70. The van der Waals surface area contributed by atoms with Gasteiger partial charge in [-0.2, -0.15) is 5.10 Å². The fourth-order valence-electron chi connectivity index (χ4n) is 8.57. The number of fused-ring (bicyclic) bond motifs is 5. The molecular weight excluding hydrogens is 442 g/mol. The predicted molar refractivity (Wildman–Crippen MR) is 126 cm³/mol. The summed E-state index contributed by atoms with van der Waals surface area (Å²) < 4.78 is 5.20. The quantitative estimate of drug-likeness (QED) is 0.179. The number of thiocarbonyl (C=S) groups is 1. The molecule has 0 radical (unpaired) electrons. The van der Waals surface area contributed by atoms with Crippen molar-refractivity contribution in [2.24, 2.45) is 39.4 Å². The second-order valence-corrected chi connectivity index (χ2v) is 11.7. The minimum atomic E-state index is -1.09. The summed E-state index contributed by atoms with van der Waals surface area (Å²) in [5.74, 6) is -0.161. The van der Waals surface area contributed by atoms with Crippen LogP contribution in [0.3, 0.4) is 0 Å². The Morgan fingerprint density at radius 2 is 1.97 bits per heavy atom. The lowest BCUT2D eigenvalue weighted by atomic mass is 9.41. The molecule has 9 heteroatoms. The van der Waals surface area contributed by atoms with Crippen molar-refractivity contribution in [3.05, 3.63) is 11.6 Å². The number of carbonyl (C=O) groups is 1. The molecule has 5 rings (SSSR count). The fourth-order valence-corrected chi connectivity index (χ4v) is 8.62. The average Bonchev–Trinajstić information content (AvgIpc) is 3.28. The number of cyclic esters (lactones) is 1. The van der Waals surface area contributed by atoms with Crippen molar-refractivity contribution in [3.63, 3.8) is 0 Å². The van der Waals surface area contributed by atoms with Crippen LogP contribution in [-0.2, 0) is 9.53 Å². The van der Waals surface area contributed by atoms with Crippen molar-refractivity contribution in [1.29, 1.82) is 0 Å². The van der Waals surface area contributed by atoms with E-state index < -0.39 is 22.7 Å². The number of aliphatic hydroxyl groups is 3. The Hall–Kier alpha value is -1.55. The fraction of sp³-hybridized carbons (Fsp3) is 0.792. The normalized spacial score (nSPS) is 49.1. The van der Waals surface area contributed by atoms with Gasteiger partial charge >= 0.3 is 5.97 Å². The maximum Gasteiger partial charge on any atom is 0.331 e. The number of esters is 1. The zero-order valence-electron chi connectivity index (χ0n) is 19.1. The van der Waals surface area contributed by atoms with Gasteiger partial charge in [-0.1, -0.05) is 6.92 Å². The van der Waals surface area contributed by atoms with E-state index >= 15 is 0 Å². The first-order valence-corrected chi connectivity index (χ1v) is 12.6. The van der Waals surface area contributed by atoms with Gasteiger partial charge in [0.05, 0.1) is 17.3 Å². The minimum absolute atomic E-state index is 0.00771. The van der Waals surface area contributed by atoms with Crippen LogP contribution in [0.25, 0.3) is 0 Å². The second-order valence-electron chi connectivity index (χ2n) is 11.3. The van der Waals surface area contributed by atoms with Gasteiger partial charge in [-0.3, -0.25) is 5.43 Å². The van der Waals surface area contributed by atoms with Crippen molar-refractivity contribution in [2.75, 3.05) is 6.61 Å². The van der Waals surface area contributed by atoms with Crippen molar-refractivity contribution < 1.29 is 24.9 Å². The van der Waals surface area contributed by atoms with Crippen LogP contribution in [0, 0.1) is 28.6 Å².